The van der Waals surface area contributed by atoms with Gasteiger partial charge in [0.05, 0.1) is 20.3 Å². The molecule has 0 aliphatic heterocycles. The summed E-state index contributed by atoms with van der Waals surface area (Å²) < 4.78 is 15.9. The minimum atomic E-state index is 0.414. The van der Waals surface area contributed by atoms with Crippen molar-refractivity contribution in [3.05, 3.63) is 23.8 Å². The highest BCUT2D eigenvalue weighted by Crippen LogP contribution is 2.24. The molecule has 19 heavy (non-hydrogen) atoms. The molecule has 2 unspecified atom stereocenters. The maximum absolute atomic E-state index is 5.39. The molecule has 0 radical (unpaired) electrons. The molecule has 4 nitrogen and oxygen atoms in total. The van der Waals surface area contributed by atoms with E-state index in [0.717, 1.165) is 30.9 Å². The minimum absolute atomic E-state index is 0.414. The Morgan fingerprint density at radius 3 is 2.26 bits per heavy atom. The van der Waals surface area contributed by atoms with E-state index in [4.69, 9.17) is 14.2 Å². The van der Waals surface area contributed by atoms with Crippen LogP contribution in [-0.4, -0.2) is 33.5 Å². The lowest BCUT2D eigenvalue weighted by Gasteiger charge is -2.14. The van der Waals surface area contributed by atoms with E-state index < -0.39 is 0 Å². The molecule has 1 aromatic rings. The molecule has 0 amide bonds. The van der Waals surface area contributed by atoms with Gasteiger partial charge in [-0.05, 0) is 37.0 Å². The van der Waals surface area contributed by atoms with Gasteiger partial charge >= 0.3 is 0 Å². The summed E-state index contributed by atoms with van der Waals surface area (Å²) in [5, 5.41) is 3.57. The van der Waals surface area contributed by atoms with E-state index in [2.05, 4.69) is 5.32 Å². The molecular weight excluding hydrogens is 242 g/mol. The number of hydrogen-bond acceptors (Lipinski definition) is 4. The highest BCUT2D eigenvalue weighted by molar-refractivity contribution is 5.38. The first kappa shape index (κ1) is 14.2. The molecule has 1 fully saturated rings. The van der Waals surface area contributed by atoms with Crippen molar-refractivity contribution in [3.63, 3.8) is 0 Å². The molecule has 0 bridgehead atoms. The van der Waals surface area contributed by atoms with Crippen LogP contribution in [0.3, 0.4) is 0 Å². The van der Waals surface area contributed by atoms with Crippen molar-refractivity contribution in [2.75, 3.05) is 21.3 Å². The van der Waals surface area contributed by atoms with Gasteiger partial charge in [-0.15, -0.1) is 0 Å². The summed E-state index contributed by atoms with van der Waals surface area (Å²) in [7, 11) is 5.14. The normalized spacial score (nSPS) is 22.5. The van der Waals surface area contributed by atoms with Crippen LogP contribution in [0.25, 0.3) is 0 Å². The maximum atomic E-state index is 5.39. The number of methoxy groups -OCH3 is 3. The second-order valence-corrected chi connectivity index (χ2v) is 4.97. The van der Waals surface area contributed by atoms with E-state index in [9.17, 15) is 0 Å². The Kier molecular flexibility index (Phi) is 5.05. The fraction of sp³-hybridized carbons (Fsp3) is 0.600. The average molecular weight is 265 g/mol. The highest BCUT2D eigenvalue weighted by Gasteiger charge is 2.23. The minimum Gasteiger partial charge on any atom is -0.497 e. The van der Waals surface area contributed by atoms with Crippen LogP contribution in [0.5, 0.6) is 11.5 Å². The molecule has 106 valence electrons. The van der Waals surface area contributed by atoms with Gasteiger partial charge in [-0.3, -0.25) is 0 Å². The van der Waals surface area contributed by atoms with Crippen LogP contribution in [0, 0.1) is 0 Å². The fourth-order valence-corrected chi connectivity index (χ4v) is 2.57. The van der Waals surface area contributed by atoms with E-state index in [-0.39, 0.29) is 0 Å². The number of benzene rings is 1. The van der Waals surface area contributed by atoms with E-state index in [1.165, 1.54) is 12.0 Å². The Morgan fingerprint density at radius 1 is 1.05 bits per heavy atom. The molecule has 2 atom stereocenters. The predicted octanol–water partition coefficient (Wildman–Crippen LogP) is 2.36. The second kappa shape index (κ2) is 6.78. The summed E-state index contributed by atoms with van der Waals surface area (Å²) in [6, 6.07) is 6.51. The van der Waals surface area contributed by atoms with Crippen molar-refractivity contribution >= 4 is 0 Å². The third-order valence-corrected chi connectivity index (χ3v) is 3.72. The van der Waals surface area contributed by atoms with Crippen molar-refractivity contribution in [1.29, 1.82) is 0 Å². The third-order valence-electron chi connectivity index (χ3n) is 3.72. The van der Waals surface area contributed by atoms with Gasteiger partial charge in [-0.25, -0.2) is 0 Å². The summed E-state index contributed by atoms with van der Waals surface area (Å²) >= 11 is 0. The van der Waals surface area contributed by atoms with Crippen LogP contribution >= 0.6 is 0 Å². The van der Waals surface area contributed by atoms with Crippen molar-refractivity contribution in [3.8, 4) is 11.5 Å². The lowest BCUT2D eigenvalue weighted by Crippen LogP contribution is -2.26. The number of rotatable bonds is 6. The number of nitrogens with one attached hydrogen (secondary N) is 1. The van der Waals surface area contributed by atoms with Crippen molar-refractivity contribution in [2.45, 2.75) is 38.0 Å². The molecule has 2 rings (SSSR count). The molecule has 1 saturated carbocycles. The average Bonchev–Trinajstić information content (AvgIpc) is 2.92. The standard InChI is InChI=1S/C15H23NO3/c1-17-13-5-4-12(8-13)16-10-11-6-14(18-2)9-15(7-11)19-3/h6-7,9,12-13,16H,4-5,8,10H2,1-3H3. The molecule has 1 aromatic carbocycles. The summed E-state index contributed by atoms with van der Waals surface area (Å²) in [6.07, 6.45) is 3.84. The van der Waals surface area contributed by atoms with Crippen molar-refractivity contribution in [1.82, 2.24) is 5.32 Å². The second-order valence-electron chi connectivity index (χ2n) is 4.97. The first-order valence-corrected chi connectivity index (χ1v) is 6.73. The zero-order valence-electron chi connectivity index (χ0n) is 11.9. The Morgan fingerprint density at radius 2 is 1.74 bits per heavy atom. The number of ether oxygens (including phenoxy) is 3. The van der Waals surface area contributed by atoms with Gasteiger partial charge < -0.3 is 19.5 Å². The molecule has 0 saturated heterocycles. The summed E-state index contributed by atoms with van der Waals surface area (Å²) in [4.78, 5) is 0. The smallest absolute Gasteiger partial charge is 0.122 e. The monoisotopic (exact) mass is 265 g/mol. The maximum Gasteiger partial charge on any atom is 0.122 e. The van der Waals surface area contributed by atoms with Crippen LogP contribution in [0.1, 0.15) is 24.8 Å². The van der Waals surface area contributed by atoms with Crippen LogP contribution < -0.4 is 14.8 Å². The third kappa shape index (κ3) is 3.85. The molecule has 1 aliphatic carbocycles. The molecule has 1 aliphatic rings. The van der Waals surface area contributed by atoms with Crippen LogP contribution in [0.4, 0.5) is 0 Å². The quantitative estimate of drug-likeness (QED) is 0.857. The lowest BCUT2D eigenvalue weighted by atomic mass is 10.1. The van der Waals surface area contributed by atoms with E-state index in [1.54, 1.807) is 21.3 Å². The largest absolute Gasteiger partial charge is 0.497 e. The van der Waals surface area contributed by atoms with E-state index in [0.29, 0.717) is 12.1 Å². The van der Waals surface area contributed by atoms with Gasteiger partial charge in [-0.1, -0.05) is 0 Å². The SMILES string of the molecule is COc1cc(CNC2CCC(OC)C2)cc(OC)c1. The Labute approximate surface area is 115 Å². The van der Waals surface area contributed by atoms with Crippen molar-refractivity contribution in [2.24, 2.45) is 0 Å². The molecule has 4 heteroatoms. The molecule has 0 aromatic heterocycles. The summed E-state index contributed by atoms with van der Waals surface area (Å²) in [6.45, 7) is 0.828. The van der Waals surface area contributed by atoms with Crippen LogP contribution in [0.2, 0.25) is 0 Å². The van der Waals surface area contributed by atoms with Gasteiger partial charge in [0.1, 0.15) is 11.5 Å². The van der Waals surface area contributed by atoms with Gasteiger partial charge in [0.25, 0.3) is 0 Å². The molecule has 1 N–H and O–H groups in total. The Balaban J connectivity index is 1.92. The van der Waals surface area contributed by atoms with E-state index in [1.807, 2.05) is 18.2 Å². The van der Waals surface area contributed by atoms with Gasteiger partial charge in [-0.2, -0.15) is 0 Å². The Hall–Kier alpha value is -1.26. The van der Waals surface area contributed by atoms with Gasteiger partial charge in [0.15, 0.2) is 0 Å². The zero-order chi connectivity index (χ0) is 13.7. The van der Waals surface area contributed by atoms with Gasteiger partial charge in [0, 0.05) is 25.8 Å². The number of hydrogen-bond donors (Lipinski definition) is 1. The van der Waals surface area contributed by atoms with Crippen LogP contribution in [-0.2, 0) is 11.3 Å². The first-order valence-electron chi connectivity index (χ1n) is 6.73. The summed E-state index contributed by atoms with van der Waals surface area (Å²) in [5.41, 5.74) is 1.18. The fourth-order valence-electron chi connectivity index (χ4n) is 2.57. The summed E-state index contributed by atoms with van der Waals surface area (Å²) in [5.74, 6) is 1.66. The van der Waals surface area contributed by atoms with Crippen LogP contribution in [0.15, 0.2) is 18.2 Å². The molecular formula is C15H23NO3. The Bertz CT molecular complexity index is 386. The molecule has 0 heterocycles. The van der Waals surface area contributed by atoms with Gasteiger partial charge in [0.2, 0.25) is 0 Å². The topological polar surface area (TPSA) is 39.7 Å². The zero-order valence-corrected chi connectivity index (χ0v) is 11.9. The predicted molar refractivity (Wildman–Crippen MR) is 74.8 cm³/mol. The van der Waals surface area contributed by atoms with E-state index >= 15 is 0 Å². The van der Waals surface area contributed by atoms with Crippen molar-refractivity contribution < 1.29 is 14.2 Å². The highest BCUT2D eigenvalue weighted by atomic mass is 16.5. The first-order chi connectivity index (χ1) is 9.25. The lowest BCUT2D eigenvalue weighted by molar-refractivity contribution is 0.107. The molecule has 0 spiro atoms.